The van der Waals surface area contributed by atoms with Gasteiger partial charge in [0.2, 0.25) is 0 Å². The zero-order valence-electron chi connectivity index (χ0n) is 10.1. The minimum Gasteiger partial charge on any atom is -0.396 e. The van der Waals surface area contributed by atoms with Gasteiger partial charge < -0.3 is 10.6 Å². The van der Waals surface area contributed by atoms with Crippen LogP contribution < -0.4 is 10.6 Å². The van der Waals surface area contributed by atoms with Crippen molar-refractivity contribution in [2.75, 3.05) is 17.7 Å². The number of pyridine rings is 1. The van der Waals surface area contributed by atoms with Gasteiger partial charge in [-0.15, -0.1) is 0 Å². The Labute approximate surface area is 127 Å². The van der Waals surface area contributed by atoms with E-state index in [1.54, 1.807) is 31.4 Å². The van der Waals surface area contributed by atoms with Crippen molar-refractivity contribution in [3.05, 3.63) is 51.2 Å². The molecule has 0 spiro atoms. The Bertz CT molecular complexity index is 611. The summed E-state index contributed by atoms with van der Waals surface area (Å²) in [5, 5.41) is 0. The fraction of sp³-hybridized carbons (Fsp3) is 0.0769. The molecule has 1 aromatic heterocycles. The van der Waals surface area contributed by atoms with Crippen LogP contribution in [0.15, 0.2) is 45.6 Å². The summed E-state index contributed by atoms with van der Waals surface area (Å²) < 4.78 is 1.67. The molecule has 0 bridgehead atoms. The van der Waals surface area contributed by atoms with Gasteiger partial charge in [-0.05, 0) is 24.3 Å². The number of nitrogens with two attached hydrogens (primary N) is 1. The fourth-order valence-corrected chi connectivity index (χ4v) is 2.98. The summed E-state index contributed by atoms with van der Waals surface area (Å²) in [6.07, 6.45) is 3.13. The van der Waals surface area contributed by atoms with Crippen LogP contribution in [-0.2, 0) is 0 Å². The van der Waals surface area contributed by atoms with E-state index in [1.165, 1.54) is 11.1 Å². The molecule has 2 N–H and O–H groups in total. The highest BCUT2D eigenvalue weighted by Crippen LogP contribution is 2.25. The van der Waals surface area contributed by atoms with Crippen molar-refractivity contribution in [2.45, 2.75) is 0 Å². The number of rotatable bonds is 2. The van der Waals surface area contributed by atoms with Crippen LogP contribution in [0, 0.1) is 0 Å². The van der Waals surface area contributed by atoms with Crippen molar-refractivity contribution < 1.29 is 4.79 Å². The van der Waals surface area contributed by atoms with E-state index >= 15 is 0 Å². The molecule has 19 heavy (non-hydrogen) atoms. The number of carbonyl (C=O) groups is 1. The number of nitrogens with zero attached hydrogens (tertiary/aromatic N) is 2. The van der Waals surface area contributed by atoms with Crippen molar-refractivity contribution in [3.8, 4) is 0 Å². The van der Waals surface area contributed by atoms with Gasteiger partial charge in [0, 0.05) is 27.8 Å². The van der Waals surface area contributed by atoms with Gasteiger partial charge in [-0.25, -0.2) is 0 Å². The van der Waals surface area contributed by atoms with Gasteiger partial charge in [-0.2, -0.15) is 0 Å². The fourth-order valence-electron chi connectivity index (χ4n) is 1.69. The first-order valence-corrected chi connectivity index (χ1v) is 7.01. The molecule has 0 aliphatic carbocycles. The lowest BCUT2D eigenvalue weighted by Gasteiger charge is -2.19. The maximum atomic E-state index is 12.4. The standard InChI is InChI=1S/C13H11Br2N3O/c1-18(12-2-3-17-7-11(12)16)13(19)8-4-9(14)6-10(15)5-8/h2-7H,16H2,1H3. The number of nitrogen functional groups attached to an aromatic ring is 1. The first-order chi connectivity index (χ1) is 8.99. The van der Waals surface area contributed by atoms with Crippen LogP contribution in [0.4, 0.5) is 11.4 Å². The second kappa shape index (κ2) is 5.71. The van der Waals surface area contributed by atoms with Gasteiger partial charge in [-0.3, -0.25) is 9.78 Å². The lowest BCUT2D eigenvalue weighted by molar-refractivity contribution is 0.0993. The Morgan fingerprint density at radius 1 is 1.26 bits per heavy atom. The van der Waals surface area contributed by atoms with Gasteiger partial charge in [0.15, 0.2) is 0 Å². The van der Waals surface area contributed by atoms with E-state index < -0.39 is 0 Å². The summed E-state index contributed by atoms with van der Waals surface area (Å²) in [4.78, 5) is 17.8. The maximum absolute atomic E-state index is 12.4. The monoisotopic (exact) mass is 383 g/mol. The number of amides is 1. The van der Waals surface area contributed by atoms with E-state index in [4.69, 9.17) is 5.73 Å². The molecule has 2 rings (SSSR count). The number of hydrogen-bond donors (Lipinski definition) is 1. The van der Waals surface area contributed by atoms with Crippen LogP contribution in [0.3, 0.4) is 0 Å². The molecule has 0 aliphatic heterocycles. The number of halogens is 2. The summed E-state index contributed by atoms with van der Waals surface area (Å²) in [5.41, 5.74) is 7.49. The Morgan fingerprint density at radius 3 is 2.47 bits per heavy atom. The van der Waals surface area contributed by atoms with E-state index in [2.05, 4.69) is 36.8 Å². The van der Waals surface area contributed by atoms with E-state index in [0.29, 0.717) is 16.9 Å². The quantitative estimate of drug-likeness (QED) is 0.862. The van der Waals surface area contributed by atoms with E-state index in [1.807, 2.05) is 6.07 Å². The van der Waals surface area contributed by atoms with Gasteiger partial charge in [0.05, 0.1) is 17.6 Å². The third-order valence-corrected chi connectivity index (χ3v) is 3.52. The van der Waals surface area contributed by atoms with Crippen LogP contribution in [0.2, 0.25) is 0 Å². The van der Waals surface area contributed by atoms with E-state index in [0.717, 1.165) is 8.95 Å². The van der Waals surface area contributed by atoms with E-state index in [-0.39, 0.29) is 5.91 Å². The molecule has 4 nitrogen and oxygen atoms in total. The molecule has 98 valence electrons. The number of carbonyl (C=O) groups excluding carboxylic acids is 1. The molecule has 2 aromatic rings. The van der Waals surface area contributed by atoms with Crippen molar-refractivity contribution in [3.63, 3.8) is 0 Å². The second-order valence-corrected chi connectivity index (χ2v) is 5.79. The first kappa shape index (κ1) is 14.0. The Morgan fingerprint density at radius 2 is 1.89 bits per heavy atom. The predicted molar refractivity (Wildman–Crippen MR) is 83.2 cm³/mol. The van der Waals surface area contributed by atoms with Gasteiger partial charge in [-0.1, -0.05) is 31.9 Å². The summed E-state index contributed by atoms with van der Waals surface area (Å²) in [6.45, 7) is 0. The lowest BCUT2D eigenvalue weighted by Crippen LogP contribution is -2.27. The molecule has 0 fully saturated rings. The summed E-state index contributed by atoms with van der Waals surface area (Å²) in [5.74, 6) is -0.139. The average Bonchev–Trinajstić information content (AvgIpc) is 2.36. The molecular weight excluding hydrogens is 374 g/mol. The Balaban J connectivity index is 2.36. The second-order valence-electron chi connectivity index (χ2n) is 3.96. The number of hydrogen-bond acceptors (Lipinski definition) is 3. The number of aromatic nitrogens is 1. The van der Waals surface area contributed by atoms with Crippen LogP contribution in [0.25, 0.3) is 0 Å². The minimum atomic E-state index is -0.139. The number of benzene rings is 1. The molecule has 1 amide bonds. The third kappa shape index (κ3) is 3.13. The molecule has 6 heteroatoms. The van der Waals surface area contributed by atoms with Crippen LogP contribution in [0.5, 0.6) is 0 Å². The van der Waals surface area contributed by atoms with Crippen molar-refractivity contribution >= 4 is 49.1 Å². The minimum absolute atomic E-state index is 0.139. The highest BCUT2D eigenvalue weighted by atomic mass is 79.9. The molecule has 0 saturated heterocycles. The third-order valence-electron chi connectivity index (χ3n) is 2.60. The summed E-state index contributed by atoms with van der Waals surface area (Å²) in [6, 6.07) is 7.11. The maximum Gasteiger partial charge on any atom is 0.258 e. The van der Waals surface area contributed by atoms with E-state index in [9.17, 15) is 4.79 Å². The zero-order valence-corrected chi connectivity index (χ0v) is 13.3. The zero-order chi connectivity index (χ0) is 14.0. The Hall–Kier alpha value is -1.40. The van der Waals surface area contributed by atoms with Gasteiger partial charge in [0.25, 0.3) is 5.91 Å². The highest BCUT2D eigenvalue weighted by molar-refractivity contribution is 9.11. The topological polar surface area (TPSA) is 59.2 Å². The lowest BCUT2D eigenvalue weighted by atomic mass is 10.2. The molecule has 0 aliphatic rings. The molecule has 0 atom stereocenters. The van der Waals surface area contributed by atoms with Gasteiger partial charge in [0.1, 0.15) is 0 Å². The largest absolute Gasteiger partial charge is 0.396 e. The summed E-state index contributed by atoms with van der Waals surface area (Å²) in [7, 11) is 1.68. The SMILES string of the molecule is CN(C(=O)c1cc(Br)cc(Br)c1)c1ccncc1N. The molecule has 0 saturated carbocycles. The smallest absolute Gasteiger partial charge is 0.258 e. The molecule has 1 aromatic carbocycles. The van der Waals surface area contributed by atoms with Crippen LogP contribution in [-0.4, -0.2) is 17.9 Å². The van der Waals surface area contributed by atoms with Crippen LogP contribution >= 0.6 is 31.9 Å². The normalized spacial score (nSPS) is 10.3. The summed E-state index contributed by atoms with van der Waals surface area (Å²) >= 11 is 6.73. The van der Waals surface area contributed by atoms with Gasteiger partial charge >= 0.3 is 0 Å². The predicted octanol–water partition coefficient (Wildman–Crippen LogP) is 3.47. The molecule has 0 unspecified atom stereocenters. The first-order valence-electron chi connectivity index (χ1n) is 5.42. The number of anilines is 2. The molecule has 1 heterocycles. The molecule has 0 radical (unpaired) electrons. The van der Waals surface area contributed by atoms with Crippen molar-refractivity contribution in [1.82, 2.24) is 4.98 Å². The van der Waals surface area contributed by atoms with Crippen molar-refractivity contribution in [2.24, 2.45) is 0 Å². The Kier molecular flexibility index (Phi) is 4.21. The highest BCUT2D eigenvalue weighted by Gasteiger charge is 2.16. The van der Waals surface area contributed by atoms with Crippen molar-refractivity contribution in [1.29, 1.82) is 0 Å². The molecular formula is C13H11Br2N3O. The average molecular weight is 385 g/mol. The van der Waals surface area contributed by atoms with Crippen LogP contribution in [0.1, 0.15) is 10.4 Å².